The lowest BCUT2D eigenvalue weighted by Crippen LogP contribution is -2.45. The molecule has 1 aliphatic heterocycles. The maximum atomic E-state index is 11.8. The van der Waals surface area contributed by atoms with Gasteiger partial charge in [0.1, 0.15) is 12.6 Å². The largest absolute Gasteiger partial charge is 0.480 e. The standard InChI is InChI=1S/C13H16N2O3/c1-9(13(18)14-8-12(16)17)15-7-6-10-4-2-3-5-11(10)15/h2-5,9H,6-8H2,1H3,(H,14,18)(H,16,17). The Bertz CT molecular complexity index is 473. The molecule has 18 heavy (non-hydrogen) atoms. The van der Waals surface area contributed by atoms with Crippen molar-refractivity contribution in [3.63, 3.8) is 0 Å². The van der Waals surface area contributed by atoms with E-state index in [4.69, 9.17) is 5.11 Å². The molecule has 5 nitrogen and oxygen atoms in total. The van der Waals surface area contributed by atoms with Crippen molar-refractivity contribution in [2.45, 2.75) is 19.4 Å². The zero-order valence-electron chi connectivity index (χ0n) is 10.2. The zero-order valence-corrected chi connectivity index (χ0v) is 10.2. The number of carboxylic acids is 1. The summed E-state index contributed by atoms with van der Waals surface area (Å²) in [6.45, 7) is 2.25. The van der Waals surface area contributed by atoms with E-state index in [9.17, 15) is 9.59 Å². The van der Waals surface area contributed by atoms with Gasteiger partial charge < -0.3 is 15.3 Å². The van der Waals surface area contributed by atoms with E-state index in [0.29, 0.717) is 0 Å². The van der Waals surface area contributed by atoms with Crippen LogP contribution in [0.3, 0.4) is 0 Å². The van der Waals surface area contributed by atoms with Crippen LogP contribution in [0.25, 0.3) is 0 Å². The number of nitrogens with zero attached hydrogens (tertiary/aromatic N) is 1. The van der Waals surface area contributed by atoms with E-state index in [2.05, 4.69) is 11.4 Å². The lowest BCUT2D eigenvalue weighted by Gasteiger charge is -2.26. The summed E-state index contributed by atoms with van der Waals surface area (Å²) in [5.74, 6) is -1.29. The highest BCUT2D eigenvalue weighted by atomic mass is 16.4. The van der Waals surface area contributed by atoms with Crippen LogP contribution in [0.15, 0.2) is 24.3 Å². The van der Waals surface area contributed by atoms with Gasteiger partial charge in [0, 0.05) is 12.2 Å². The molecule has 1 atom stereocenters. The molecule has 96 valence electrons. The van der Waals surface area contributed by atoms with Gasteiger partial charge in [-0.1, -0.05) is 18.2 Å². The van der Waals surface area contributed by atoms with Crippen molar-refractivity contribution in [2.75, 3.05) is 18.0 Å². The fourth-order valence-electron chi connectivity index (χ4n) is 2.22. The number of benzene rings is 1. The summed E-state index contributed by atoms with van der Waals surface area (Å²) < 4.78 is 0. The molecular weight excluding hydrogens is 232 g/mol. The molecule has 0 aromatic heterocycles. The van der Waals surface area contributed by atoms with Crippen LogP contribution >= 0.6 is 0 Å². The molecule has 0 bridgehead atoms. The number of para-hydroxylation sites is 1. The lowest BCUT2D eigenvalue weighted by molar-refractivity contribution is -0.138. The first-order chi connectivity index (χ1) is 8.59. The Morgan fingerprint density at radius 2 is 2.17 bits per heavy atom. The maximum Gasteiger partial charge on any atom is 0.322 e. The molecule has 0 saturated carbocycles. The summed E-state index contributed by atoms with van der Waals surface area (Å²) in [7, 11) is 0. The van der Waals surface area contributed by atoms with Crippen LogP contribution in [-0.4, -0.2) is 36.1 Å². The number of hydrogen-bond donors (Lipinski definition) is 2. The number of carboxylic acid groups (broad SMARTS) is 1. The molecule has 0 fully saturated rings. The Hall–Kier alpha value is -2.04. The molecule has 0 aliphatic carbocycles. The predicted octanol–water partition coefficient (Wildman–Crippen LogP) is 0.638. The van der Waals surface area contributed by atoms with Crippen LogP contribution in [0.5, 0.6) is 0 Å². The second kappa shape index (κ2) is 5.08. The minimum Gasteiger partial charge on any atom is -0.480 e. The number of amides is 1. The fraction of sp³-hybridized carbons (Fsp3) is 0.385. The average molecular weight is 248 g/mol. The van der Waals surface area contributed by atoms with Crippen LogP contribution in [0.2, 0.25) is 0 Å². The smallest absolute Gasteiger partial charge is 0.322 e. The highest BCUT2D eigenvalue weighted by molar-refractivity contribution is 5.88. The number of anilines is 1. The van der Waals surface area contributed by atoms with Gasteiger partial charge in [-0.25, -0.2) is 0 Å². The summed E-state index contributed by atoms with van der Waals surface area (Å²) in [6, 6.07) is 7.62. The van der Waals surface area contributed by atoms with Gasteiger partial charge in [-0.2, -0.15) is 0 Å². The highest BCUT2D eigenvalue weighted by Gasteiger charge is 2.27. The van der Waals surface area contributed by atoms with Crippen molar-refractivity contribution in [1.82, 2.24) is 5.32 Å². The van der Waals surface area contributed by atoms with Crippen molar-refractivity contribution in [2.24, 2.45) is 0 Å². The van der Waals surface area contributed by atoms with Crippen LogP contribution in [0.4, 0.5) is 5.69 Å². The molecule has 1 aromatic carbocycles. The number of aliphatic carboxylic acids is 1. The molecule has 1 aliphatic rings. The van der Waals surface area contributed by atoms with Gasteiger partial charge in [-0.3, -0.25) is 9.59 Å². The van der Waals surface area contributed by atoms with Gasteiger partial charge in [0.2, 0.25) is 5.91 Å². The van der Waals surface area contributed by atoms with Crippen molar-refractivity contribution in [3.8, 4) is 0 Å². The Morgan fingerprint density at radius 1 is 1.44 bits per heavy atom. The third kappa shape index (κ3) is 2.45. The quantitative estimate of drug-likeness (QED) is 0.820. The third-order valence-corrected chi connectivity index (χ3v) is 3.18. The van der Waals surface area contributed by atoms with E-state index in [1.807, 2.05) is 23.1 Å². The SMILES string of the molecule is CC(C(=O)NCC(=O)O)N1CCc2ccccc21. The molecule has 0 saturated heterocycles. The highest BCUT2D eigenvalue weighted by Crippen LogP contribution is 2.28. The minimum absolute atomic E-state index is 0.255. The van der Waals surface area contributed by atoms with Crippen LogP contribution < -0.4 is 10.2 Å². The maximum absolute atomic E-state index is 11.8. The first-order valence-electron chi connectivity index (χ1n) is 5.93. The third-order valence-electron chi connectivity index (χ3n) is 3.18. The molecule has 1 amide bonds. The molecule has 2 N–H and O–H groups in total. The lowest BCUT2D eigenvalue weighted by atomic mass is 10.1. The first kappa shape index (κ1) is 12.4. The summed E-state index contributed by atoms with van der Waals surface area (Å²) in [6.07, 6.45) is 0.923. The van der Waals surface area contributed by atoms with Gasteiger partial charge in [0.15, 0.2) is 0 Å². The Morgan fingerprint density at radius 3 is 2.89 bits per heavy atom. The molecule has 0 radical (unpaired) electrons. The number of carbonyl (C=O) groups is 2. The van der Waals surface area contributed by atoms with Crippen molar-refractivity contribution >= 4 is 17.6 Å². The monoisotopic (exact) mass is 248 g/mol. The Balaban J connectivity index is 2.04. The molecule has 1 unspecified atom stereocenters. The second-order valence-electron chi connectivity index (χ2n) is 4.36. The average Bonchev–Trinajstić information content (AvgIpc) is 2.78. The van der Waals surface area contributed by atoms with Crippen LogP contribution in [-0.2, 0) is 16.0 Å². The molecule has 2 rings (SSSR count). The number of nitrogens with one attached hydrogen (secondary N) is 1. The number of carbonyl (C=O) groups excluding carboxylic acids is 1. The van der Waals surface area contributed by atoms with E-state index >= 15 is 0 Å². The van der Waals surface area contributed by atoms with Gasteiger partial charge in [-0.15, -0.1) is 0 Å². The zero-order chi connectivity index (χ0) is 13.1. The normalized spacial score (nSPS) is 15.1. The molecule has 5 heteroatoms. The van der Waals surface area contributed by atoms with Gasteiger partial charge >= 0.3 is 5.97 Å². The van der Waals surface area contributed by atoms with E-state index < -0.39 is 5.97 Å². The predicted molar refractivity (Wildman–Crippen MR) is 67.6 cm³/mol. The number of rotatable bonds is 4. The van der Waals surface area contributed by atoms with E-state index in [-0.39, 0.29) is 18.5 Å². The summed E-state index contributed by atoms with van der Waals surface area (Å²) >= 11 is 0. The Kier molecular flexibility index (Phi) is 3.50. The summed E-state index contributed by atoms with van der Waals surface area (Å²) in [5.41, 5.74) is 2.30. The van der Waals surface area contributed by atoms with Crippen molar-refractivity contribution < 1.29 is 14.7 Å². The topological polar surface area (TPSA) is 69.6 Å². The number of fused-ring (bicyclic) bond motifs is 1. The number of hydrogen-bond acceptors (Lipinski definition) is 3. The van der Waals surface area contributed by atoms with Gasteiger partial charge in [0.25, 0.3) is 0 Å². The van der Waals surface area contributed by atoms with E-state index in [1.165, 1.54) is 5.56 Å². The Labute approximate surface area is 105 Å². The summed E-state index contributed by atoms with van der Waals surface area (Å²) in [4.78, 5) is 24.3. The minimum atomic E-state index is -1.03. The second-order valence-corrected chi connectivity index (χ2v) is 4.36. The molecule has 1 aromatic rings. The van der Waals surface area contributed by atoms with Gasteiger partial charge in [-0.05, 0) is 25.0 Å². The van der Waals surface area contributed by atoms with Crippen LogP contribution in [0.1, 0.15) is 12.5 Å². The van der Waals surface area contributed by atoms with E-state index in [0.717, 1.165) is 18.7 Å². The van der Waals surface area contributed by atoms with Crippen LogP contribution in [0, 0.1) is 0 Å². The molecule has 0 spiro atoms. The van der Waals surface area contributed by atoms with Crippen molar-refractivity contribution in [3.05, 3.63) is 29.8 Å². The first-order valence-corrected chi connectivity index (χ1v) is 5.93. The fourth-order valence-corrected chi connectivity index (χ4v) is 2.22. The van der Waals surface area contributed by atoms with Gasteiger partial charge in [0.05, 0.1) is 0 Å². The van der Waals surface area contributed by atoms with E-state index in [1.54, 1.807) is 6.92 Å². The van der Waals surface area contributed by atoms with Crippen molar-refractivity contribution in [1.29, 1.82) is 0 Å². The molecule has 1 heterocycles. The molecular formula is C13H16N2O3. The summed E-state index contributed by atoms with van der Waals surface area (Å²) in [5, 5.41) is 10.9.